The van der Waals surface area contributed by atoms with Crippen LogP contribution in [-0.2, 0) is 11.2 Å². The van der Waals surface area contributed by atoms with E-state index in [1.807, 2.05) is 13.8 Å². The van der Waals surface area contributed by atoms with Crippen molar-refractivity contribution in [1.82, 2.24) is 20.8 Å². The van der Waals surface area contributed by atoms with E-state index < -0.39 is 0 Å². The lowest BCUT2D eigenvalue weighted by atomic mass is 10.2. The molecule has 2 aromatic heterocycles. The van der Waals surface area contributed by atoms with E-state index in [4.69, 9.17) is 17.0 Å². The molecule has 8 nitrogen and oxygen atoms in total. The highest BCUT2D eigenvalue weighted by Gasteiger charge is 2.13. The van der Waals surface area contributed by atoms with Crippen molar-refractivity contribution in [1.29, 1.82) is 0 Å². The Labute approximate surface area is 170 Å². The lowest BCUT2D eigenvalue weighted by Gasteiger charge is -2.11. The van der Waals surface area contributed by atoms with E-state index in [0.717, 1.165) is 21.9 Å². The normalized spacial score (nSPS) is 10.5. The number of amides is 1. The molecule has 0 aliphatic heterocycles. The van der Waals surface area contributed by atoms with Crippen molar-refractivity contribution in [3.05, 3.63) is 50.9 Å². The zero-order valence-corrected chi connectivity index (χ0v) is 17.1. The van der Waals surface area contributed by atoms with Gasteiger partial charge in [-0.1, -0.05) is 0 Å². The maximum Gasteiger partial charge on any atom is 0.259 e. The van der Waals surface area contributed by atoms with Crippen molar-refractivity contribution < 1.29 is 9.53 Å². The second kappa shape index (κ2) is 8.36. The van der Waals surface area contributed by atoms with Gasteiger partial charge >= 0.3 is 0 Å². The largest absolute Gasteiger partial charge is 0.497 e. The lowest BCUT2D eigenvalue weighted by Crippen LogP contribution is -2.44. The second-order valence-corrected chi connectivity index (χ2v) is 7.62. The quantitative estimate of drug-likeness (QED) is 0.381. The average Bonchev–Trinajstić information content (AvgIpc) is 2.95. The molecule has 28 heavy (non-hydrogen) atoms. The molecular weight excluding hydrogens is 398 g/mol. The Morgan fingerprint density at radius 1 is 1.25 bits per heavy atom. The molecule has 0 atom stereocenters. The predicted octanol–water partition coefficient (Wildman–Crippen LogP) is 2.17. The number of aromatic amines is 1. The number of hydrogen-bond donors (Lipinski definition) is 4. The van der Waals surface area contributed by atoms with Crippen LogP contribution in [0.1, 0.15) is 16.3 Å². The van der Waals surface area contributed by atoms with Crippen LogP contribution in [-0.4, -0.2) is 28.1 Å². The minimum atomic E-state index is -0.383. The number of methoxy groups -OCH3 is 1. The summed E-state index contributed by atoms with van der Waals surface area (Å²) in [5, 5.41) is 3.73. The number of rotatable bonds is 4. The van der Waals surface area contributed by atoms with Crippen molar-refractivity contribution in [3.63, 3.8) is 0 Å². The van der Waals surface area contributed by atoms with E-state index in [9.17, 15) is 9.59 Å². The molecule has 10 heteroatoms. The number of thiocarbonyl (C=S) groups is 1. The Morgan fingerprint density at radius 3 is 2.64 bits per heavy atom. The van der Waals surface area contributed by atoms with Crippen molar-refractivity contribution in [2.75, 3.05) is 12.4 Å². The molecule has 3 aromatic rings. The molecule has 0 bridgehead atoms. The van der Waals surface area contributed by atoms with Gasteiger partial charge in [0.2, 0.25) is 5.91 Å². The molecule has 0 radical (unpaired) electrons. The Kier molecular flexibility index (Phi) is 5.90. The third-order valence-corrected chi connectivity index (χ3v) is 5.38. The number of carbonyl (C=O) groups excluding carboxylic acids is 1. The standard InChI is InChI=1S/C18H19N5O3S2/c1-9-10(2)28-17-15(9)16(25)20-13(21-17)8-14(24)22-23-18(27)19-11-4-6-12(26-3)7-5-11/h4-7H,8H2,1-3H3,(H,22,24)(H2,19,23,27)(H,20,21,25). The summed E-state index contributed by atoms with van der Waals surface area (Å²) < 4.78 is 5.09. The van der Waals surface area contributed by atoms with Gasteiger partial charge < -0.3 is 15.0 Å². The van der Waals surface area contributed by atoms with Gasteiger partial charge in [-0.05, 0) is 55.9 Å². The molecule has 0 unspecified atom stereocenters. The molecule has 146 valence electrons. The lowest BCUT2D eigenvalue weighted by molar-refractivity contribution is -0.121. The molecule has 0 fully saturated rings. The van der Waals surface area contributed by atoms with Crippen molar-refractivity contribution >= 4 is 50.5 Å². The zero-order chi connectivity index (χ0) is 20.3. The third-order valence-electron chi connectivity index (χ3n) is 4.08. The predicted molar refractivity (Wildman–Crippen MR) is 114 cm³/mol. The van der Waals surface area contributed by atoms with Crippen LogP contribution >= 0.6 is 23.6 Å². The first-order valence-corrected chi connectivity index (χ1v) is 9.58. The first-order valence-electron chi connectivity index (χ1n) is 8.36. The van der Waals surface area contributed by atoms with E-state index in [1.165, 1.54) is 11.3 Å². The first-order chi connectivity index (χ1) is 13.4. The summed E-state index contributed by atoms with van der Waals surface area (Å²) in [5.41, 5.74) is 6.52. The molecule has 0 aliphatic carbocycles. The third kappa shape index (κ3) is 4.46. The Bertz CT molecular complexity index is 1090. The van der Waals surface area contributed by atoms with E-state index in [-0.39, 0.29) is 23.0 Å². The minimum Gasteiger partial charge on any atom is -0.497 e. The monoisotopic (exact) mass is 417 g/mol. The van der Waals surface area contributed by atoms with E-state index >= 15 is 0 Å². The van der Waals surface area contributed by atoms with Crippen LogP contribution in [0.25, 0.3) is 10.2 Å². The Morgan fingerprint density at radius 2 is 1.96 bits per heavy atom. The van der Waals surface area contributed by atoms with Gasteiger partial charge in [0.25, 0.3) is 5.56 Å². The summed E-state index contributed by atoms with van der Waals surface area (Å²) in [5.74, 6) is 0.644. The fraction of sp³-hybridized carbons (Fsp3) is 0.222. The van der Waals surface area contributed by atoms with Crippen LogP contribution in [0.3, 0.4) is 0 Å². The number of thiophene rings is 1. The number of anilines is 1. The number of aromatic nitrogens is 2. The summed E-state index contributed by atoms with van der Waals surface area (Å²) in [4.78, 5) is 33.1. The zero-order valence-electron chi connectivity index (χ0n) is 15.5. The van der Waals surface area contributed by atoms with E-state index in [1.54, 1.807) is 31.4 Å². The number of aryl methyl sites for hydroxylation is 2. The number of H-pyrrole nitrogens is 1. The molecular formula is C18H19N5O3S2. The summed E-state index contributed by atoms with van der Waals surface area (Å²) in [6.07, 6.45) is -0.0840. The number of hydrazine groups is 1. The molecule has 4 N–H and O–H groups in total. The van der Waals surface area contributed by atoms with Gasteiger partial charge in [-0.2, -0.15) is 0 Å². The van der Waals surface area contributed by atoms with Gasteiger partial charge in [0.05, 0.1) is 18.9 Å². The van der Waals surface area contributed by atoms with E-state index in [0.29, 0.717) is 16.0 Å². The number of nitrogens with zero attached hydrogens (tertiary/aromatic N) is 1. The molecule has 0 spiro atoms. The van der Waals surface area contributed by atoms with Crippen LogP contribution < -0.4 is 26.5 Å². The van der Waals surface area contributed by atoms with Gasteiger partial charge in [0, 0.05) is 10.6 Å². The summed E-state index contributed by atoms with van der Waals surface area (Å²) in [7, 11) is 1.59. The minimum absolute atomic E-state index is 0.0840. The molecule has 1 amide bonds. The maximum absolute atomic E-state index is 12.3. The number of carbonyl (C=O) groups is 1. The fourth-order valence-electron chi connectivity index (χ4n) is 2.54. The summed E-state index contributed by atoms with van der Waals surface area (Å²) in [6, 6.07) is 7.17. The highest BCUT2D eigenvalue weighted by molar-refractivity contribution is 7.80. The van der Waals surface area contributed by atoms with Gasteiger partial charge in [-0.3, -0.25) is 20.4 Å². The molecule has 0 saturated heterocycles. The number of hydrogen-bond acceptors (Lipinski definition) is 6. The molecule has 0 saturated carbocycles. The van der Waals surface area contributed by atoms with Crippen LogP contribution in [0.5, 0.6) is 5.75 Å². The second-order valence-electron chi connectivity index (χ2n) is 6.01. The van der Waals surface area contributed by atoms with Crippen molar-refractivity contribution in [2.24, 2.45) is 0 Å². The number of nitrogens with one attached hydrogen (secondary N) is 4. The molecule has 3 rings (SSSR count). The summed E-state index contributed by atoms with van der Waals surface area (Å²) >= 11 is 6.58. The van der Waals surface area contributed by atoms with Crippen molar-refractivity contribution in [3.8, 4) is 5.75 Å². The highest BCUT2D eigenvalue weighted by Crippen LogP contribution is 2.25. The number of benzene rings is 1. The smallest absolute Gasteiger partial charge is 0.259 e. The molecule has 1 aromatic carbocycles. The topological polar surface area (TPSA) is 108 Å². The van der Waals surface area contributed by atoms with Crippen LogP contribution in [0.4, 0.5) is 5.69 Å². The van der Waals surface area contributed by atoms with Gasteiger partial charge in [0.1, 0.15) is 16.4 Å². The van der Waals surface area contributed by atoms with Gasteiger partial charge in [-0.15, -0.1) is 11.3 Å². The maximum atomic E-state index is 12.3. The Balaban J connectivity index is 1.57. The average molecular weight is 418 g/mol. The number of fused-ring (bicyclic) bond motifs is 1. The number of ether oxygens (including phenoxy) is 1. The van der Waals surface area contributed by atoms with Crippen LogP contribution in [0, 0.1) is 13.8 Å². The van der Waals surface area contributed by atoms with Crippen LogP contribution in [0.2, 0.25) is 0 Å². The summed E-state index contributed by atoms with van der Waals surface area (Å²) in [6.45, 7) is 3.83. The van der Waals surface area contributed by atoms with E-state index in [2.05, 4.69) is 26.1 Å². The fourth-order valence-corrected chi connectivity index (χ4v) is 3.76. The molecule has 0 aliphatic rings. The SMILES string of the molecule is COc1ccc(NC(=S)NNC(=O)Cc2nc3sc(C)c(C)c3c(=O)[nH]2)cc1. The highest BCUT2D eigenvalue weighted by atomic mass is 32.1. The van der Waals surface area contributed by atoms with Crippen molar-refractivity contribution in [2.45, 2.75) is 20.3 Å². The molecule has 2 heterocycles. The van der Waals surface area contributed by atoms with Gasteiger partial charge in [-0.25, -0.2) is 4.98 Å². The first kappa shape index (κ1) is 19.8. The Hall–Kier alpha value is -2.98. The van der Waals surface area contributed by atoms with Crippen LogP contribution in [0.15, 0.2) is 29.1 Å². The van der Waals surface area contributed by atoms with Gasteiger partial charge in [0.15, 0.2) is 5.11 Å².